The van der Waals surface area contributed by atoms with E-state index in [4.69, 9.17) is 11.6 Å². The minimum absolute atomic E-state index is 0.150. The fourth-order valence-corrected chi connectivity index (χ4v) is 3.90. The van der Waals surface area contributed by atoms with Crippen molar-refractivity contribution in [1.29, 1.82) is 0 Å². The smallest absolute Gasteiger partial charge is 0.259 e. The monoisotopic (exact) mass is 354 g/mol. The molecule has 1 aromatic heterocycles. The Morgan fingerprint density at radius 3 is 2.48 bits per heavy atom. The number of aliphatic hydroxyl groups is 1. The summed E-state index contributed by atoms with van der Waals surface area (Å²) in [6.45, 7) is 1.70. The molecule has 0 spiro atoms. The van der Waals surface area contributed by atoms with E-state index in [2.05, 4.69) is 5.32 Å². The Balaban J connectivity index is 2.22. The van der Waals surface area contributed by atoms with Gasteiger partial charge in [0.05, 0.1) is 17.7 Å². The molecule has 0 saturated carbocycles. The SMILES string of the molecule is Cc1c(CO)n(C)c2cc(-c3ccccc3Cl)c3c(c12)C(=O)NC3=O. The molecule has 0 fully saturated rings. The molecule has 1 aliphatic heterocycles. The Kier molecular flexibility index (Phi) is 3.45. The lowest BCUT2D eigenvalue weighted by molar-refractivity contribution is 0.0880. The van der Waals surface area contributed by atoms with Crippen molar-refractivity contribution in [3.8, 4) is 11.1 Å². The number of benzene rings is 2. The highest BCUT2D eigenvalue weighted by Gasteiger charge is 2.34. The van der Waals surface area contributed by atoms with Crippen molar-refractivity contribution in [2.24, 2.45) is 7.05 Å². The van der Waals surface area contributed by atoms with Gasteiger partial charge in [0.1, 0.15) is 0 Å². The molecule has 126 valence electrons. The lowest BCUT2D eigenvalue weighted by atomic mass is 9.92. The summed E-state index contributed by atoms with van der Waals surface area (Å²) in [5.74, 6) is -0.845. The van der Waals surface area contributed by atoms with Gasteiger partial charge in [-0.25, -0.2) is 0 Å². The third kappa shape index (κ3) is 2.06. The van der Waals surface area contributed by atoms with Crippen LogP contribution >= 0.6 is 11.6 Å². The highest BCUT2D eigenvalue weighted by atomic mass is 35.5. The van der Waals surface area contributed by atoms with Crippen molar-refractivity contribution < 1.29 is 14.7 Å². The zero-order chi connectivity index (χ0) is 17.9. The molecule has 2 amide bonds. The molecule has 1 aliphatic rings. The molecule has 25 heavy (non-hydrogen) atoms. The number of hydrogen-bond donors (Lipinski definition) is 2. The van der Waals surface area contributed by atoms with Crippen LogP contribution in [0.25, 0.3) is 22.0 Å². The van der Waals surface area contributed by atoms with E-state index in [9.17, 15) is 14.7 Å². The Hall–Kier alpha value is -2.63. The summed E-state index contributed by atoms with van der Waals surface area (Å²) in [6.07, 6.45) is 0. The number of nitrogens with zero attached hydrogens (tertiary/aromatic N) is 1. The summed E-state index contributed by atoms with van der Waals surface area (Å²) in [7, 11) is 1.83. The first kappa shape index (κ1) is 15.9. The van der Waals surface area contributed by atoms with Crippen LogP contribution in [0.15, 0.2) is 30.3 Å². The van der Waals surface area contributed by atoms with Crippen molar-refractivity contribution in [3.05, 3.63) is 57.7 Å². The number of nitrogens with one attached hydrogen (secondary N) is 1. The summed E-state index contributed by atoms with van der Waals surface area (Å²) in [6, 6.07) is 9.08. The fourth-order valence-electron chi connectivity index (χ4n) is 3.66. The lowest BCUT2D eigenvalue weighted by Crippen LogP contribution is -2.20. The second kappa shape index (κ2) is 5.44. The molecule has 6 heteroatoms. The van der Waals surface area contributed by atoms with Gasteiger partial charge in [0.15, 0.2) is 0 Å². The van der Waals surface area contributed by atoms with Crippen LogP contribution < -0.4 is 5.32 Å². The first-order valence-corrected chi connectivity index (χ1v) is 8.19. The Morgan fingerprint density at radius 1 is 1.12 bits per heavy atom. The molecule has 2 N–H and O–H groups in total. The van der Waals surface area contributed by atoms with Gasteiger partial charge in [0.2, 0.25) is 0 Å². The molecule has 0 unspecified atom stereocenters. The number of carbonyl (C=O) groups is 2. The van der Waals surface area contributed by atoms with Crippen LogP contribution in [0.4, 0.5) is 0 Å². The van der Waals surface area contributed by atoms with Crippen molar-refractivity contribution in [2.75, 3.05) is 0 Å². The number of halogens is 1. The van der Waals surface area contributed by atoms with Crippen LogP contribution in [-0.4, -0.2) is 21.5 Å². The van der Waals surface area contributed by atoms with Crippen molar-refractivity contribution in [3.63, 3.8) is 0 Å². The third-order valence-electron chi connectivity index (χ3n) is 4.88. The number of imide groups is 1. The normalized spacial score (nSPS) is 13.4. The fraction of sp³-hybridized carbons (Fsp3) is 0.158. The highest BCUT2D eigenvalue weighted by Crippen LogP contribution is 2.40. The van der Waals surface area contributed by atoms with E-state index in [-0.39, 0.29) is 6.61 Å². The molecule has 0 atom stereocenters. The second-order valence-electron chi connectivity index (χ2n) is 6.12. The van der Waals surface area contributed by atoms with Crippen LogP contribution in [0, 0.1) is 6.92 Å². The minimum Gasteiger partial charge on any atom is -0.390 e. The summed E-state index contributed by atoms with van der Waals surface area (Å²) >= 11 is 6.34. The highest BCUT2D eigenvalue weighted by molar-refractivity contribution is 6.35. The summed E-state index contributed by atoms with van der Waals surface area (Å²) in [5.41, 5.74) is 4.28. The average Bonchev–Trinajstić information content (AvgIpc) is 3.01. The molecule has 4 rings (SSSR count). The van der Waals surface area contributed by atoms with Gasteiger partial charge in [-0.3, -0.25) is 14.9 Å². The molecule has 0 aliphatic carbocycles. The number of rotatable bonds is 2. The number of aryl methyl sites for hydroxylation is 2. The van der Waals surface area contributed by atoms with Crippen LogP contribution in [0.3, 0.4) is 0 Å². The Bertz CT molecular complexity index is 1080. The molecule has 5 nitrogen and oxygen atoms in total. The van der Waals surface area contributed by atoms with Crippen LogP contribution in [0.5, 0.6) is 0 Å². The largest absolute Gasteiger partial charge is 0.390 e. The second-order valence-corrected chi connectivity index (χ2v) is 6.53. The quantitative estimate of drug-likeness (QED) is 0.694. The van der Waals surface area contributed by atoms with E-state index in [1.54, 1.807) is 6.07 Å². The molecule has 0 bridgehead atoms. The van der Waals surface area contributed by atoms with E-state index in [0.717, 1.165) is 11.1 Å². The van der Waals surface area contributed by atoms with Gasteiger partial charge in [0, 0.05) is 34.2 Å². The average molecular weight is 355 g/mol. The predicted molar refractivity (Wildman–Crippen MR) is 95.8 cm³/mol. The third-order valence-corrected chi connectivity index (χ3v) is 5.21. The molecule has 3 aromatic rings. The summed E-state index contributed by atoms with van der Waals surface area (Å²) in [5, 5.41) is 13.3. The van der Waals surface area contributed by atoms with E-state index < -0.39 is 11.8 Å². The number of hydrogen-bond acceptors (Lipinski definition) is 3. The van der Waals surface area contributed by atoms with Gasteiger partial charge in [-0.15, -0.1) is 0 Å². The number of amides is 2. The Labute approximate surface area is 148 Å². The zero-order valence-electron chi connectivity index (χ0n) is 13.7. The maximum Gasteiger partial charge on any atom is 0.259 e. The van der Waals surface area contributed by atoms with Gasteiger partial charge >= 0.3 is 0 Å². The Morgan fingerprint density at radius 2 is 1.80 bits per heavy atom. The number of aliphatic hydroxyl groups excluding tert-OH is 1. The van der Waals surface area contributed by atoms with Gasteiger partial charge < -0.3 is 9.67 Å². The van der Waals surface area contributed by atoms with Crippen molar-refractivity contribution in [2.45, 2.75) is 13.5 Å². The van der Waals surface area contributed by atoms with Gasteiger partial charge in [-0.1, -0.05) is 29.8 Å². The van der Waals surface area contributed by atoms with Crippen LogP contribution in [0.2, 0.25) is 5.02 Å². The molecule has 2 aromatic carbocycles. The van der Waals surface area contributed by atoms with Crippen LogP contribution in [-0.2, 0) is 13.7 Å². The maximum absolute atomic E-state index is 12.5. The van der Waals surface area contributed by atoms with Crippen LogP contribution in [0.1, 0.15) is 32.0 Å². The van der Waals surface area contributed by atoms with Gasteiger partial charge in [-0.2, -0.15) is 0 Å². The van der Waals surface area contributed by atoms with E-state index in [1.165, 1.54) is 0 Å². The standard InChI is InChI=1S/C19H15ClN2O3/c1-9-14(8-23)22(2)13-7-11(10-5-3-4-6-12(10)20)16-17(15(9)13)19(25)21-18(16)24/h3-7,23H,8H2,1-2H3,(H,21,24,25). The van der Waals surface area contributed by atoms with E-state index >= 15 is 0 Å². The first-order chi connectivity index (χ1) is 12.0. The minimum atomic E-state index is -0.425. The van der Waals surface area contributed by atoms with Gasteiger partial charge in [-0.05, 0) is 30.2 Å². The zero-order valence-corrected chi connectivity index (χ0v) is 14.4. The van der Waals surface area contributed by atoms with Crippen molar-refractivity contribution in [1.82, 2.24) is 9.88 Å². The molecule has 0 saturated heterocycles. The summed E-state index contributed by atoms with van der Waals surface area (Å²) < 4.78 is 1.85. The number of fused-ring (bicyclic) bond motifs is 3. The number of aromatic nitrogens is 1. The van der Waals surface area contributed by atoms with E-state index in [0.29, 0.717) is 38.4 Å². The first-order valence-electron chi connectivity index (χ1n) is 7.82. The van der Waals surface area contributed by atoms with Gasteiger partial charge in [0.25, 0.3) is 11.8 Å². The lowest BCUT2D eigenvalue weighted by Gasteiger charge is -2.11. The predicted octanol–water partition coefficient (Wildman–Crippen LogP) is 3.18. The topological polar surface area (TPSA) is 71.3 Å². The molecular formula is C19H15ClN2O3. The van der Waals surface area contributed by atoms with Crippen molar-refractivity contribution >= 4 is 34.3 Å². The molecule has 2 heterocycles. The molecule has 0 radical (unpaired) electrons. The maximum atomic E-state index is 12.5. The number of carbonyl (C=O) groups excluding carboxylic acids is 2. The summed E-state index contributed by atoms with van der Waals surface area (Å²) in [4.78, 5) is 24.9. The molecular weight excluding hydrogens is 340 g/mol. The van der Waals surface area contributed by atoms with E-state index in [1.807, 2.05) is 42.8 Å².